The van der Waals surface area contributed by atoms with Crippen molar-refractivity contribution in [3.8, 4) is 0 Å². The summed E-state index contributed by atoms with van der Waals surface area (Å²) in [5.41, 5.74) is 2.04. The average molecular weight is 295 g/mol. The predicted octanol–water partition coefficient (Wildman–Crippen LogP) is 2.54. The third kappa shape index (κ3) is 1.74. The van der Waals surface area contributed by atoms with Crippen LogP contribution in [0.5, 0.6) is 0 Å². The minimum absolute atomic E-state index is 0.416. The Morgan fingerprint density at radius 2 is 2.35 bits per heavy atom. The van der Waals surface area contributed by atoms with Crippen LogP contribution in [0.2, 0.25) is 0 Å². The molecule has 88 valence electrons. The van der Waals surface area contributed by atoms with E-state index < -0.39 is 12.0 Å². The molecule has 1 fully saturated rings. The summed E-state index contributed by atoms with van der Waals surface area (Å²) in [4.78, 5) is 17.6. The van der Waals surface area contributed by atoms with E-state index in [-0.39, 0.29) is 0 Å². The lowest BCUT2D eigenvalue weighted by Crippen LogP contribution is -2.39. The Hall–Kier alpha value is -1.36. The van der Waals surface area contributed by atoms with Crippen molar-refractivity contribution in [1.29, 1.82) is 0 Å². The van der Waals surface area contributed by atoms with E-state index in [0.29, 0.717) is 13.0 Å². The molecule has 1 atom stereocenters. The first kappa shape index (κ1) is 10.8. The molecule has 0 bridgehead atoms. The highest BCUT2D eigenvalue weighted by Crippen LogP contribution is 2.34. The van der Waals surface area contributed by atoms with Gasteiger partial charge in [-0.15, -0.1) is 0 Å². The molecule has 17 heavy (non-hydrogen) atoms. The van der Waals surface area contributed by atoms with Gasteiger partial charge in [-0.3, -0.25) is 0 Å². The van der Waals surface area contributed by atoms with Gasteiger partial charge >= 0.3 is 5.97 Å². The van der Waals surface area contributed by atoms with E-state index in [1.54, 1.807) is 0 Å². The Labute approximate surface area is 107 Å². The number of aliphatic carboxylic acids is 1. The molecule has 0 amide bonds. The van der Waals surface area contributed by atoms with E-state index in [4.69, 9.17) is 5.11 Å². The highest BCUT2D eigenvalue weighted by Gasteiger charge is 2.36. The molecular weight excluding hydrogens is 284 g/mol. The molecule has 5 heteroatoms. The number of aliphatic imine (C=N–C) groups is 1. The summed E-state index contributed by atoms with van der Waals surface area (Å²) in [5, 5.41) is 9.15. The van der Waals surface area contributed by atoms with E-state index in [0.717, 1.165) is 28.0 Å². The zero-order chi connectivity index (χ0) is 12.0. The lowest BCUT2D eigenvalue weighted by molar-refractivity contribution is -0.141. The number of halogens is 1. The monoisotopic (exact) mass is 294 g/mol. The molecule has 2 aliphatic heterocycles. The fourth-order valence-corrected chi connectivity index (χ4v) is 2.84. The van der Waals surface area contributed by atoms with Crippen molar-refractivity contribution < 1.29 is 9.90 Å². The van der Waals surface area contributed by atoms with Crippen molar-refractivity contribution in [3.05, 3.63) is 28.2 Å². The Kier molecular flexibility index (Phi) is 2.43. The summed E-state index contributed by atoms with van der Waals surface area (Å²) in [6.07, 6.45) is 1.41. The number of carbonyl (C=O) groups is 1. The zero-order valence-electron chi connectivity index (χ0n) is 9.06. The molecule has 0 saturated carbocycles. The summed E-state index contributed by atoms with van der Waals surface area (Å²) in [6.45, 7) is 0.643. The van der Waals surface area contributed by atoms with Crippen molar-refractivity contribution >= 4 is 33.4 Å². The lowest BCUT2D eigenvalue weighted by Gasteiger charge is -2.28. The van der Waals surface area contributed by atoms with Gasteiger partial charge in [-0.25, -0.2) is 9.79 Å². The average Bonchev–Trinajstić information content (AvgIpc) is 2.68. The van der Waals surface area contributed by atoms with Crippen molar-refractivity contribution in [2.45, 2.75) is 25.4 Å². The molecule has 3 rings (SSSR count). The molecular formula is C12H11BrN2O2. The quantitative estimate of drug-likeness (QED) is 0.866. The van der Waals surface area contributed by atoms with E-state index in [9.17, 15) is 4.79 Å². The number of fused-ring (bicyclic) bond motifs is 2. The maximum absolute atomic E-state index is 11.1. The number of nitrogens with zero attached hydrogens (tertiary/aromatic N) is 2. The minimum Gasteiger partial charge on any atom is -0.480 e. The largest absolute Gasteiger partial charge is 0.480 e. The van der Waals surface area contributed by atoms with E-state index >= 15 is 0 Å². The smallest absolute Gasteiger partial charge is 0.326 e. The lowest BCUT2D eigenvalue weighted by atomic mass is 10.1. The maximum atomic E-state index is 11.1. The molecule has 1 saturated heterocycles. The molecule has 0 spiro atoms. The third-order valence-corrected chi connectivity index (χ3v) is 3.76. The van der Waals surface area contributed by atoms with Crippen LogP contribution in [0, 0.1) is 0 Å². The standard InChI is InChI=1S/C12H11BrN2O2/c13-8-1-2-9-7(5-8)6-15-10(12(16)17)3-4-11(15)14-9/h1-2,5,10H,3-4,6H2,(H,16,17)/t10-/m1/s1. The first-order valence-corrected chi connectivity index (χ1v) is 6.30. The Balaban J connectivity index is 2.00. The van der Waals surface area contributed by atoms with E-state index in [1.165, 1.54) is 0 Å². The van der Waals surface area contributed by atoms with Crippen LogP contribution < -0.4 is 0 Å². The molecule has 0 aromatic heterocycles. The molecule has 0 unspecified atom stereocenters. The van der Waals surface area contributed by atoms with E-state index in [2.05, 4.69) is 20.9 Å². The van der Waals surface area contributed by atoms with Crippen LogP contribution in [-0.2, 0) is 11.3 Å². The second kappa shape index (κ2) is 3.84. The van der Waals surface area contributed by atoms with Gasteiger partial charge in [0, 0.05) is 17.4 Å². The second-order valence-electron chi connectivity index (χ2n) is 4.32. The fourth-order valence-electron chi connectivity index (χ4n) is 2.44. The van der Waals surface area contributed by atoms with Gasteiger partial charge < -0.3 is 10.0 Å². The van der Waals surface area contributed by atoms with Gasteiger partial charge in [0.05, 0.1) is 5.69 Å². The molecule has 2 aliphatic rings. The van der Waals surface area contributed by atoms with Crippen LogP contribution >= 0.6 is 15.9 Å². The first-order chi connectivity index (χ1) is 8.15. The molecule has 1 N–H and O–H groups in total. The van der Waals surface area contributed by atoms with Crippen LogP contribution in [-0.4, -0.2) is 27.9 Å². The number of carboxylic acids is 1. The van der Waals surface area contributed by atoms with Crippen LogP contribution in [0.25, 0.3) is 0 Å². The number of amidine groups is 1. The normalized spacial score (nSPS) is 21.8. The van der Waals surface area contributed by atoms with Crippen molar-refractivity contribution in [3.63, 3.8) is 0 Å². The first-order valence-electron chi connectivity index (χ1n) is 5.50. The zero-order valence-corrected chi connectivity index (χ0v) is 10.6. The Bertz CT molecular complexity index is 527. The maximum Gasteiger partial charge on any atom is 0.326 e. The second-order valence-corrected chi connectivity index (χ2v) is 5.24. The summed E-state index contributed by atoms with van der Waals surface area (Å²) in [5.74, 6) is 0.154. The fraction of sp³-hybridized carbons (Fsp3) is 0.333. The SMILES string of the molecule is O=C(O)[C@H]1CCC2=Nc3ccc(Br)cc3CN21. The molecule has 4 nitrogen and oxygen atoms in total. The van der Waals surface area contributed by atoms with Gasteiger partial charge in [0.15, 0.2) is 0 Å². The van der Waals surface area contributed by atoms with Gasteiger partial charge in [0.1, 0.15) is 11.9 Å². The summed E-state index contributed by atoms with van der Waals surface area (Å²) in [6, 6.07) is 5.52. The summed E-state index contributed by atoms with van der Waals surface area (Å²) in [7, 11) is 0. The Morgan fingerprint density at radius 3 is 3.12 bits per heavy atom. The molecule has 0 aliphatic carbocycles. The number of hydrogen-bond donors (Lipinski definition) is 1. The van der Waals surface area contributed by atoms with Crippen molar-refractivity contribution in [1.82, 2.24) is 4.90 Å². The minimum atomic E-state index is -0.756. The van der Waals surface area contributed by atoms with Crippen LogP contribution in [0.1, 0.15) is 18.4 Å². The van der Waals surface area contributed by atoms with Crippen LogP contribution in [0.3, 0.4) is 0 Å². The molecule has 1 aromatic rings. The molecule has 0 radical (unpaired) electrons. The number of carboxylic acid groups (broad SMARTS) is 1. The molecule has 2 heterocycles. The summed E-state index contributed by atoms with van der Waals surface area (Å²) < 4.78 is 1.00. The van der Waals surface area contributed by atoms with Crippen molar-refractivity contribution in [2.24, 2.45) is 4.99 Å². The van der Waals surface area contributed by atoms with E-state index in [1.807, 2.05) is 23.1 Å². The van der Waals surface area contributed by atoms with Gasteiger partial charge in [-0.2, -0.15) is 0 Å². The highest BCUT2D eigenvalue weighted by molar-refractivity contribution is 9.10. The van der Waals surface area contributed by atoms with Gasteiger partial charge in [0.2, 0.25) is 0 Å². The molecule has 1 aromatic carbocycles. The number of benzene rings is 1. The third-order valence-electron chi connectivity index (χ3n) is 3.27. The summed E-state index contributed by atoms with van der Waals surface area (Å²) >= 11 is 3.42. The number of rotatable bonds is 1. The van der Waals surface area contributed by atoms with Crippen LogP contribution in [0.15, 0.2) is 27.7 Å². The van der Waals surface area contributed by atoms with Crippen LogP contribution in [0.4, 0.5) is 5.69 Å². The highest BCUT2D eigenvalue weighted by atomic mass is 79.9. The predicted molar refractivity (Wildman–Crippen MR) is 67.4 cm³/mol. The number of hydrogen-bond acceptors (Lipinski definition) is 3. The van der Waals surface area contributed by atoms with Gasteiger partial charge in [-0.05, 0) is 30.2 Å². The topological polar surface area (TPSA) is 52.9 Å². The van der Waals surface area contributed by atoms with Gasteiger partial charge in [0.25, 0.3) is 0 Å². The van der Waals surface area contributed by atoms with Gasteiger partial charge in [-0.1, -0.05) is 15.9 Å². The van der Waals surface area contributed by atoms with Crippen molar-refractivity contribution in [2.75, 3.05) is 0 Å². The Morgan fingerprint density at radius 1 is 1.53 bits per heavy atom.